The highest BCUT2D eigenvalue weighted by Crippen LogP contribution is 2.13. The summed E-state index contributed by atoms with van der Waals surface area (Å²) in [7, 11) is 0. The molecule has 0 spiro atoms. The van der Waals surface area contributed by atoms with E-state index in [0.717, 1.165) is 24.1 Å². The van der Waals surface area contributed by atoms with Crippen LogP contribution < -0.4 is 0 Å². The van der Waals surface area contributed by atoms with E-state index in [4.69, 9.17) is 11.6 Å². The summed E-state index contributed by atoms with van der Waals surface area (Å²) >= 11 is 5.73. The Morgan fingerprint density at radius 2 is 1.50 bits per heavy atom. The van der Waals surface area contributed by atoms with E-state index in [1.807, 2.05) is 0 Å². The van der Waals surface area contributed by atoms with E-state index in [1.165, 1.54) is 45.1 Å². The number of nitrogens with zero attached hydrogens (tertiary/aromatic N) is 1. The van der Waals surface area contributed by atoms with Gasteiger partial charge in [-0.05, 0) is 26.7 Å². The molecule has 0 radical (unpaired) electrons. The van der Waals surface area contributed by atoms with Crippen LogP contribution in [0.1, 0.15) is 59.3 Å². The number of halogens is 1. The predicted octanol–water partition coefficient (Wildman–Crippen LogP) is 3.80. The summed E-state index contributed by atoms with van der Waals surface area (Å²) in [6.07, 6.45) is 7.67. The molecule has 0 rings (SSSR count). The Balaban J connectivity index is 3.94. The highest BCUT2D eigenvalue weighted by Gasteiger charge is 2.25. The number of rotatable bonds is 12. The second-order valence-corrected chi connectivity index (χ2v) is 5.76. The van der Waals surface area contributed by atoms with Gasteiger partial charge >= 0.3 is 0 Å². The number of quaternary nitrogens is 1. The summed E-state index contributed by atoms with van der Waals surface area (Å²) in [6, 6.07) is 0. The molecule has 18 heavy (non-hydrogen) atoms. The third-order valence-corrected chi connectivity index (χ3v) is 4.46. The van der Waals surface area contributed by atoms with E-state index in [0.29, 0.717) is 5.88 Å². The Morgan fingerprint density at radius 1 is 0.944 bits per heavy atom. The van der Waals surface area contributed by atoms with Crippen LogP contribution in [0, 0.1) is 0 Å². The molecule has 0 heterocycles. The molecule has 1 atom stereocenters. The third kappa shape index (κ3) is 7.60. The zero-order chi connectivity index (χ0) is 13.9. The van der Waals surface area contributed by atoms with Crippen LogP contribution in [0.3, 0.4) is 0 Å². The summed E-state index contributed by atoms with van der Waals surface area (Å²) in [6.45, 7) is 10.9. The second-order valence-electron chi connectivity index (χ2n) is 5.46. The lowest BCUT2D eigenvalue weighted by Gasteiger charge is -2.38. The summed E-state index contributed by atoms with van der Waals surface area (Å²) in [5.41, 5.74) is 0. The molecule has 0 bridgehead atoms. The number of unbranched alkanes of at least 4 members (excludes halogenated alkanes) is 5. The van der Waals surface area contributed by atoms with E-state index in [2.05, 4.69) is 20.8 Å². The van der Waals surface area contributed by atoms with Gasteiger partial charge in [-0.1, -0.05) is 32.6 Å². The van der Waals surface area contributed by atoms with Gasteiger partial charge in [-0.3, -0.25) is 0 Å². The monoisotopic (exact) mass is 278 g/mol. The largest absolute Gasteiger partial charge is 0.386 e. The van der Waals surface area contributed by atoms with Gasteiger partial charge in [0.1, 0.15) is 12.6 Å². The normalized spacial score (nSPS) is 13.8. The standard InChI is InChI=1S/C15H33ClNO/c1-4-7-8-9-10-11-12-17(5-2,6-3)14-15(18)13-16/h15,18H,4-14H2,1-3H3/q+1. The molecule has 0 saturated carbocycles. The fourth-order valence-electron chi connectivity index (χ4n) is 2.61. The first kappa shape index (κ1) is 18.2. The molecule has 1 unspecified atom stereocenters. The first-order valence-electron chi connectivity index (χ1n) is 7.73. The first-order chi connectivity index (χ1) is 8.64. The van der Waals surface area contributed by atoms with E-state index in [1.54, 1.807) is 0 Å². The van der Waals surface area contributed by atoms with Crippen LogP contribution in [-0.2, 0) is 0 Å². The van der Waals surface area contributed by atoms with Gasteiger partial charge in [-0.15, -0.1) is 11.6 Å². The maximum absolute atomic E-state index is 9.78. The Hall–Kier alpha value is 0.210. The van der Waals surface area contributed by atoms with Gasteiger partial charge in [0.25, 0.3) is 0 Å². The molecular formula is C15H33ClNO+. The number of hydrogen-bond acceptors (Lipinski definition) is 1. The Kier molecular flexibility index (Phi) is 11.2. The van der Waals surface area contributed by atoms with Crippen LogP contribution in [0.15, 0.2) is 0 Å². The molecule has 1 N–H and O–H groups in total. The molecule has 0 fully saturated rings. The molecule has 0 aromatic rings. The minimum Gasteiger partial charge on any atom is -0.386 e. The van der Waals surface area contributed by atoms with Gasteiger partial charge in [0.05, 0.1) is 25.5 Å². The second kappa shape index (κ2) is 11.1. The predicted molar refractivity (Wildman–Crippen MR) is 81.2 cm³/mol. The van der Waals surface area contributed by atoms with Gasteiger partial charge in [0.2, 0.25) is 0 Å². The lowest BCUT2D eigenvalue weighted by Crippen LogP contribution is -2.52. The molecule has 3 heteroatoms. The van der Waals surface area contributed by atoms with Gasteiger partial charge < -0.3 is 9.59 Å². The molecule has 0 aromatic carbocycles. The maximum atomic E-state index is 9.78. The fraction of sp³-hybridized carbons (Fsp3) is 1.00. The topological polar surface area (TPSA) is 20.2 Å². The summed E-state index contributed by atoms with van der Waals surface area (Å²) in [4.78, 5) is 0. The van der Waals surface area contributed by atoms with Gasteiger partial charge in [-0.25, -0.2) is 0 Å². The van der Waals surface area contributed by atoms with Crippen LogP contribution in [-0.4, -0.2) is 47.8 Å². The van der Waals surface area contributed by atoms with E-state index < -0.39 is 0 Å². The average molecular weight is 279 g/mol. The highest BCUT2D eigenvalue weighted by atomic mass is 35.5. The van der Waals surface area contributed by atoms with E-state index in [9.17, 15) is 5.11 Å². The van der Waals surface area contributed by atoms with Crippen molar-refractivity contribution >= 4 is 11.6 Å². The quantitative estimate of drug-likeness (QED) is 0.327. The van der Waals surface area contributed by atoms with Crippen LogP contribution in [0.5, 0.6) is 0 Å². The number of aliphatic hydroxyl groups excluding tert-OH is 1. The summed E-state index contributed by atoms with van der Waals surface area (Å²) in [5.74, 6) is 0.358. The van der Waals surface area contributed by atoms with Crippen molar-refractivity contribution < 1.29 is 9.59 Å². The number of likely N-dealkylation sites (N-methyl/N-ethyl adjacent to an activating group) is 1. The molecule has 0 amide bonds. The van der Waals surface area contributed by atoms with Crippen LogP contribution in [0.25, 0.3) is 0 Å². The smallest absolute Gasteiger partial charge is 0.116 e. The minimum atomic E-state index is -0.355. The Bertz CT molecular complexity index is 183. The van der Waals surface area contributed by atoms with Crippen LogP contribution >= 0.6 is 11.6 Å². The minimum absolute atomic E-state index is 0.355. The lowest BCUT2D eigenvalue weighted by atomic mass is 10.1. The van der Waals surface area contributed by atoms with Crippen LogP contribution in [0.2, 0.25) is 0 Å². The molecule has 110 valence electrons. The maximum Gasteiger partial charge on any atom is 0.116 e. The van der Waals surface area contributed by atoms with Crippen molar-refractivity contribution in [2.24, 2.45) is 0 Å². The van der Waals surface area contributed by atoms with Crippen LogP contribution in [0.4, 0.5) is 0 Å². The SMILES string of the molecule is CCCCCCCC[N+](CC)(CC)CC(O)CCl. The Morgan fingerprint density at radius 3 is 2.00 bits per heavy atom. The zero-order valence-corrected chi connectivity index (χ0v) is 13.4. The van der Waals surface area contributed by atoms with Crippen molar-refractivity contribution in [1.82, 2.24) is 0 Å². The van der Waals surface area contributed by atoms with Crippen molar-refractivity contribution in [3.63, 3.8) is 0 Å². The molecule has 0 saturated heterocycles. The van der Waals surface area contributed by atoms with Crippen molar-refractivity contribution in [1.29, 1.82) is 0 Å². The van der Waals surface area contributed by atoms with Crippen molar-refractivity contribution in [3.8, 4) is 0 Å². The third-order valence-electron chi connectivity index (χ3n) is 4.10. The molecule has 0 aliphatic heterocycles. The fourth-order valence-corrected chi connectivity index (χ4v) is 2.71. The van der Waals surface area contributed by atoms with Crippen molar-refractivity contribution in [3.05, 3.63) is 0 Å². The van der Waals surface area contributed by atoms with E-state index in [-0.39, 0.29) is 6.10 Å². The van der Waals surface area contributed by atoms with Gasteiger partial charge in [-0.2, -0.15) is 0 Å². The van der Waals surface area contributed by atoms with Gasteiger partial charge in [0, 0.05) is 0 Å². The Labute approximate surface area is 119 Å². The summed E-state index contributed by atoms with van der Waals surface area (Å²) < 4.78 is 1.02. The van der Waals surface area contributed by atoms with Crippen molar-refractivity contribution in [2.45, 2.75) is 65.4 Å². The highest BCUT2D eigenvalue weighted by molar-refractivity contribution is 6.18. The number of aliphatic hydroxyl groups is 1. The molecule has 0 aromatic heterocycles. The number of alkyl halides is 1. The molecular weight excluding hydrogens is 246 g/mol. The van der Waals surface area contributed by atoms with E-state index >= 15 is 0 Å². The molecule has 0 aliphatic carbocycles. The average Bonchev–Trinajstić information content (AvgIpc) is 2.41. The first-order valence-corrected chi connectivity index (χ1v) is 8.26. The lowest BCUT2D eigenvalue weighted by molar-refractivity contribution is -0.927. The number of hydrogen-bond donors (Lipinski definition) is 1. The zero-order valence-electron chi connectivity index (χ0n) is 12.6. The molecule has 2 nitrogen and oxygen atoms in total. The molecule has 0 aliphatic rings. The summed E-state index contributed by atoms with van der Waals surface area (Å²) in [5, 5.41) is 9.78. The van der Waals surface area contributed by atoms with Crippen molar-refractivity contribution in [2.75, 3.05) is 32.1 Å². The van der Waals surface area contributed by atoms with Gasteiger partial charge in [0.15, 0.2) is 0 Å².